The SMILES string of the molecule is O=C(NN=Cc1ccccc1O)Nc1cnn(-c2ccccc2)c1-n1cccc1. The molecule has 4 rings (SSSR count). The Morgan fingerprint density at radius 3 is 2.48 bits per heavy atom. The second kappa shape index (κ2) is 8.13. The molecule has 144 valence electrons. The fourth-order valence-electron chi connectivity index (χ4n) is 2.82. The van der Waals surface area contributed by atoms with E-state index in [9.17, 15) is 9.90 Å². The summed E-state index contributed by atoms with van der Waals surface area (Å²) in [4.78, 5) is 12.3. The Morgan fingerprint density at radius 2 is 1.72 bits per heavy atom. The zero-order valence-electron chi connectivity index (χ0n) is 15.3. The molecule has 0 fully saturated rings. The lowest BCUT2D eigenvalue weighted by molar-refractivity contribution is 0.252. The van der Waals surface area contributed by atoms with Gasteiger partial charge >= 0.3 is 6.03 Å². The first-order valence-corrected chi connectivity index (χ1v) is 8.87. The number of nitrogens with one attached hydrogen (secondary N) is 2. The summed E-state index contributed by atoms with van der Waals surface area (Å²) in [6, 6.07) is 19.6. The van der Waals surface area contributed by atoms with E-state index in [0.29, 0.717) is 17.1 Å². The largest absolute Gasteiger partial charge is 0.507 e. The van der Waals surface area contributed by atoms with Crippen LogP contribution < -0.4 is 10.7 Å². The number of aromatic nitrogens is 3. The van der Waals surface area contributed by atoms with E-state index in [1.54, 1.807) is 35.1 Å². The van der Waals surface area contributed by atoms with Gasteiger partial charge in [0.05, 0.1) is 18.1 Å². The van der Waals surface area contributed by atoms with E-state index in [1.807, 2.05) is 59.4 Å². The van der Waals surface area contributed by atoms with Crippen LogP contribution in [0.5, 0.6) is 5.75 Å². The molecule has 0 unspecified atom stereocenters. The summed E-state index contributed by atoms with van der Waals surface area (Å²) in [6.45, 7) is 0. The van der Waals surface area contributed by atoms with Gasteiger partial charge in [-0.25, -0.2) is 14.9 Å². The van der Waals surface area contributed by atoms with E-state index in [0.717, 1.165) is 5.69 Å². The second-order valence-corrected chi connectivity index (χ2v) is 6.10. The summed E-state index contributed by atoms with van der Waals surface area (Å²) >= 11 is 0. The Bertz CT molecular complexity index is 1130. The third-order valence-corrected chi connectivity index (χ3v) is 4.15. The number of hydrazone groups is 1. The summed E-state index contributed by atoms with van der Waals surface area (Å²) < 4.78 is 3.60. The number of phenolic OH excluding ortho intramolecular Hbond substituents is 1. The van der Waals surface area contributed by atoms with Crippen LogP contribution in [0.3, 0.4) is 0 Å². The first-order chi connectivity index (χ1) is 14.2. The number of phenols is 1. The van der Waals surface area contributed by atoms with Crippen LogP contribution in [0.4, 0.5) is 10.5 Å². The summed E-state index contributed by atoms with van der Waals surface area (Å²) in [5, 5.41) is 20.8. The molecule has 0 spiro atoms. The van der Waals surface area contributed by atoms with Crippen LogP contribution in [0, 0.1) is 0 Å². The molecule has 0 saturated heterocycles. The monoisotopic (exact) mass is 386 g/mol. The fourth-order valence-corrected chi connectivity index (χ4v) is 2.82. The van der Waals surface area contributed by atoms with Crippen molar-refractivity contribution in [3.8, 4) is 17.3 Å². The average molecular weight is 386 g/mol. The van der Waals surface area contributed by atoms with E-state index >= 15 is 0 Å². The van der Waals surface area contributed by atoms with Crippen LogP contribution in [0.25, 0.3) is 11.5 Å². The van der Waals surface area contributed by atoms with Gasteiger partial charge in [0.25, 0.3) is 0 Å². The maximum Gasteiger partial charge on any atom is 0.339 e. The maximum absolute atomic E-state index is 12.3. The number of rotatable bonds is 5. The van der Waals surface area contributed by atoms with Gasteiger partial charge in [0.1, 0.15) is 11.4 Å². The van der Waals surface area contributed by atoms with Crippen LogP contribution in [0.2, 0.25) is 0 Å². The third kappa shape index (κ3) is 4.01. The van der Waals surface area contributed by atoms with Gasteiger partial charge in [0.15, 0.2) is 5.82 Å². The topological polar surface area (TPSA) is 96.5 Å². The highest BCUT2D eigenvalue weighted by Crippen LogP contribution is 2.23. The molecule has 2 aromatic carbocycles. The molecule has 0 aliphatic heterocycles. The molecular formula is C21H18N6O2. The quantitative estimate of drug-likeness (QED) is 0.362. The van der Waals surface area contributed by atoms with Crippen LogP contribution >= 0.6 is 0 Å². The average Bonchev–Trinajstić information content (AvgIpc) is 3.40. The molecule has 8 heteroatoms. The van der Waals surface area contributed by atoms with Crippen LogP contribution in [-0.4, -0.2) is 31.7 Å². The van der Waals surface area contributed by atoms with Crippen molar-refractivity contribution in [2.24, 2.45) is 5.10 Å². The van der Waals surface area contributed by atoms with Crippen molar-refractivity contribution >= 4 is 17.9 Å². The van der Waals surface area contributed by atoms with Gasteiger partial charge in [-0.05, 0) is 36.4 Å². The number of carbonyl (C=O) groups excluding carboxylic acids is 1. The second-order valence-electron chi connectivity index (χ2n) is 6.10. The number of para-hydroxylation sites is 2. The fraction of sp³-hybridized carbons (Fsp3) is 0. The molecule has 0 radical (unpaired) electrons. The predicted molar refractivity (Wildman–Crippen MR) is 111 cm³/mol. The molecular weight excluding hydrogens is 368 g/mol. The lowest BCUT2D eigenvalue weighted by Crippen LogP contribution is -2.24. The molecule has 0 bridgehead atoms. The number of nitrogens with zero attached hydrogens (tertiary/aromatic N) is 4. The van der Waals surface area contributed by atoms with E-state index in [2.05, 4.69) is 20.9 Å². The van der Waals surface area contributed by atoms with Crippen molar-refractivity contribution in [3.05, 3.63) is 90.9 Å². The normalized spacial score (nSPS) is 10.9. The summed E-state index contributed by atoms with van der Waals surface area (Å²) in [7, 11) is 0. The molecule has 0 aliphatic carbocycles. The number of amides is 2. The van der Waals surface area contributed by atoms with E-state index in [-0.39, 0.29) is 5.75 Å². The number of hydrogen-bond donors (Lipinski definition) is 3. The summed E-state index contributed by atoms with van der Waals surface area (Å²) in [6.07, 6.45) is 6.69. The number of benzene rings is 2. The number of urea groups is 1. The van der Waals surface area contributed by atoms with Gasteiger partial charge in [-0.3, -0.25) is 0 Å². The molecule has 0 saturated carbocycles. The highest BCUT2D eigenvalue weighted by molar-refractivity contribution is 5.92. The number of aromatic hydroxyl groups is 1. The molecule has 2 heterocycles. The zero-order chi connectivity index (χ0) is 20.1. The highest BCUT2D eigenvalue weighted by Gasteiger charge is 2.15. The van der Waals surface area contributed by atoms with E-state index in [4.69, 9.17) is 0 Å². The molecule has 29 heavy (non-hydrogen) atoms. The van der Waals surface area contributed by atoms with Crippen molar-refractivity contribution in [2.45, 2.75) is 0 Å². The van der Waals surface area contributed by atoms with Crippen molar-refractivity contribution < 1.29 is 9.90 Å². The Morgan fingerprint density at radius 1 is 1.00 bits per heavy atom. The Labute approximate surface area is 166 Å². The minimum absolute atomic E-state index is 0.0810. The smallest absolute Gasteiger partial charge is 0.339 e. The summed E-state index contributed by atoms with van der Waals surface area (Å²) in [5.74, 6) is 0.763. The van der Waals surface area contributed by atoms with Crippen molar-refractivity contribution in [1.29, 1.82) is 0 Å². The Kier molecular flexibility index (Phi) is 5.06. The molecule has 3 N–H and O–H groups in total. The lowest BCUT2D eigenvalue weighted by Gasteiger charge is -2.11. The van der Waals surface area contributed by atoms with Gasteiger partial charge in [-0.1, -0.05) is 30.3 Å². The summed E-state index contributed by atoms with van der Waals surface area (Å²) in [5.41, 5.74) is 4.27. The molecule has 0 aliphatic rings. The molecule has 2 aromatic heterocycles. The molecule has 4 aromatic rings. The lowest BCUT2D eigenvalue weighted by atomic mass is 10.2. The minimum Gasteiger partial charge on any atom is -0.507 e. The first-order valence-electron chi connectivity index (χ1n) is 8.87. The predicted octanol–water partition coefficient (Wildman–Crippen LogP) is 3.52. The number of anilines is 1. The van der Waals surface area contributed by atoms with Gasteiger partial charge < -0.3 is 15.0 Å². The van der Waals surface area contributed by atoms with Crippen LogP contribution in [-0.2, 0) is 0 Å². The Balaban J connectivity index is 1.55. The molecule has 8 nitrogen and oxygen atoms in total. The Hall–Kier alpha value is -4.33. The number of hydrogen-bond acceptors (Lipinski definition) is 4. The van der Waals surface area contributed by atoms with E-state index in [1.165, 1.54) is 6.21 Å². The number of carbonyl (C=O) groups is 1. The third-order valence-electron chi connectivity index (χ3n) is 4.15. The van der Waals surface area contributed by atoms with Gasteiger partial charge in [-0.2, -0.15) is 10.2 Å². The molecule has 0 atom stereocenters. The molecule has 2 amide bonds. The van der Waals surface area contributed by atoms with Gasteiger partial charge in [-0.15, -0.1) is 0 Å². The minimum atomic E-state index is -0.530. The van der Waals surface area contributed by atoms with Gasteiger partial charge in [0.2, 0.25) is 0 Å². The standard InChI is InChI=1S/C21H18N6O2/c28-19-11-5-4-8-16(19)14-22-25-21(29)24-18-15-23-27(17-9-2-1-3-10-17)20(18)26-12-6-7-13-26/h1-15,28H,(H2,24,25,29). The van der Waals surface area contributed by atoms with Crippen molar-refractivity contribution in [2.75, 3.05) is 5.32 Å². The highest BCUT2D eigenvalue weighted by atomic mass is 16.3. The van der Waals surface area contributed by atoms with Crippen LogP contribution in [0.15, 0.2) is 90.4 Å². The van der Waals surface area contributed by atoms with Crippen molar-refractivity contribution in [3.63, 3.8) is 0 Å². The van der Waals surface area contributed by atoms with E-state index < -0.39 is 6.03 Å². The van der Waals surface area contributed by atoms with Crippen LogP contribution in [0.1, 0.15) is 5.56 Å². The van der Waals surface area contributed by atoms with Crippen molar-refractivity contribution in [1.82, 2.24) is 19.8 Å². The maximum atomic E-state index is 12.3. The van der Waals surface area contributed by atoms with Gasteiger partial charge in [0, 0.05) is 18.0 Å². The first kappa shape index (κ1) is 18.1. The zero-order valence-corrected chi connectivity index (χ0v) is 15.3.